The molecular formula is C17H24N4O4. The molecule has 0 radical (unpaired) electrons. The van der Waals surface area contributed by atoms with E-state index in [1.165, 1.54) is 6.33 Å². The Balaban J connectivity index is 1.88. The van der Waals surface area contributed by atoms with E-state index in [4.69, 9.17) is 9.47 Å². The van der Waals surface area contributed by atoms with Crippen molar-refractivity contribution in [3.05, 3.63) is 18.1 Å². The van der Waals surface area contributed by atoms with Gasteiger partial charge in [-0.05, 0) is 39.0 Å². The molecule has 0 unspecified atom stereocenters. The van der Waals surface area contributed by atoms with Gasteiger partial charge >= 0.3 is 6.16 Å². The number of nitrogens with zero attached hydrogens (tertiary/aromatic N) is 3. The average molecular weight is 348 g/mol. The molecule has 0 bridgehead atoms. The van der Waals surface area contributed by atoms with Gasteiger partial charge in [0.1, 0.15) is 11.8 Å². The van der Waals surface area contributed by atoms with Crippen LogP contribution in [-0.2, 0) is 11.2 Å². The third-order valence-corrected chi connectivity index (χ3v) is 4.49. The molecule has 1 aliphatic rings. The maximum atomic E-state index is 11.7. The van der Waals surface area contributed by atoms with E-state index in [2.05, 4.69) is 15.4 Å². The van der Waals surface area contributed by atoms with Crippen molar-refractivity contribution in [1.82, 2.24) is 14.6 Å². The standard InChI is InChI=1S/C17H24N4O4/c1-3-13-14(25-17(23)24-4-2)9-21-15(13)16(18-10-19-21)20-11-5-7-12(22)8-6-11/h9-12,22H,3-8H2,1-2H3,(H,18,19,20)/t11-,12-. The third kappa shape index (κ3) is 3.84. The van der Waals surface area contributed by atoms with E-state index in [9.17, 15) is 9.90 Å². The van der Waals surface area contributed by atoms with Gasteiger partial charge in [-0.25, -0.2) is 14.3 Å². The number of hydrogen-bond acceptors (Lipinski definition) is 7. The van der Waals surface area contributed by atoms with Gasteiger partial charge in [0, 0.05) is 11.6 Å². The summed E-state index contributed by atoms with van der Waals surface area (Å²) in [5, 5.41) is 17.3. The molecule has 0 saturated heterocycles. The Kier molecular flexibility index (Phi) is 5.37. The van der Waals surface area contributed by atoms with Crippen molar-refractivity contribution in [3.8, 4) is 5.75 Å². The SMILES string of the molecule is CCOC(=O)Oc1cn2ncnc(N[C@H]3CC[C@H](O)CC3)c2c1CC. The minimum atomic E-state index is -0.725. The molecule has 3 rings (SSSR count). The second kappa shape index (κ2) is 7.69. The van der Waals surface area contributed by atoms with Gasteiger partial charge in [0.15, 0.2) is 11.6 Å². The second-order valence-corrected chi connectivity index (χ2v) is 6.16. The summed E-state index contributed by atoms with van der Waals surface area (Å²) in [6.07, 6.45) is 6.25. The number of aryl methyl sites for hydroxylation is 1. The quantitative estimate of drug-likeness (QED) is 0.801. The molecule has 2 heterocycles. The number of aromatic nitrogens is 3. The zero-order chi connectivity index (χ0) is 17.8. The Morgan fingerprint density at radius 1 is 1.36 bits per heavy atom. The van der Waals surface area contributed by atoms with Crippen LogP contribution in [0.5, 0.6) is 5.75 Å². The molecule has 2 aromatic heterocycles. The van der Waals surface area contributed by atoms with Crippen molar-refractivity contribution >= 4 is 17.5 Å². The molecule has 1 aliphatic carbocycles. The van der Waals surface area contributed by atoms with Crippen LogP contribution in [0.1, 0.15) is 45.1 Å². The summed E-state index contributed by atoms with van der Waals surface area (Å²) >= 11 is 0. The Hall–Kier alpha value is -2.35. The number of anilines is 1. The lowest BCUT2D eigenvalue weighted by molar-refractivity contribution is 0.104. The predicted molar refractivity (Wildman–Crippen MR) is 91.9 cm³/mol. The van der Waals surface area contributed by atoms with Gasteiger partial charge in [0.25, 0.3) is 0 Å². The summed E-state index contributed by atoms with van der Waals surface area (Å²) in [6.45, 7) is 3.97. The second-order valence-electron chi connectivity index (χ2n) is 6.16. The van der Waals surface area contributed by atoms with Crippen LogP contribution in [0.2, 0.25) is 0 Å². The van der Waals surface area contributed by atoms with Crippen molar-refractivity contribution < 1.29 is 19.4 Å². The van der Waals surface area contributed by atoms with Crippen LogP contribution in [0.15, 0.2) is 12.5 Å². The summed E-state index contributed by atoms with van der Waals surface area (Å²) in [6, 6.07) is 0.260. The van der Waals surface area contributed by atoms with Crippen molar-refractivity contribution in [3.63, 3.8) is 0 Å². The number of carbonyl (C=O) groups excluding carboxylic acids is 1. The van der Waals surface area contributed by atoms with E-state index in [-0.39, 0.29) is 18.8 Å². The highest BCUT2D eigenvalue weighted by Gasteiger charge is 2.23. The van der Waals surface area contributed by atoms with Gasteiger partial charge < -0.3 is 19.9 Å². The van der Waals surface area contributed by atoms with Crippen LogP contribution in [0.3, 0.4) is 0 Å². The number of fused-ring (bicyclic) bond motifs is 1. The molecule has 2 aromatic rings. The normalized spacial score (nSPS) is 20.4. The molecule has 2 N–H and O–H groups in total. The van der Waals surface area contributed by atoms with Crippen molar-refractivity contribution in [2.75, 3.05) is 11.9 Å². The minimum Gasteiger partial charge on any atom is -0.434 e. The fraction of sp³-hybridized carbons (Fsp3) is 0.588. The first-order chi connectivity index (χ1) is 12.1. The number of nitrogens with one attached hydrogen (secondary N) is 1. The summed E-state index contributed by atoms with van der Waals surface area (Å²) in [5.41, 5.74) is 1.66. The highest BCUT2D eigenvalue weighted by Crippen LogP contribution is 2.31. The predicted octanol–water partition coefficient (Wildman–Crippen LogP) is 2.54. The molecule has 136 valence electrons. The van der Waals surface area contributed by atoms with Gasteiger partial charge in [-0.2, -0.15) is 5.10 Å². The van der Waals surface area contributed by atoms with Crippen LogP contribution in [0.4, 0.5) is 10.6 Å². The first-order valence-electron chi connectivity index (χ1n) is 8.76. The molecule has 0 spiro atoms. The monoisotopic (exact) mass is 348 g/mol. The molecule has 0 atom stereocenters. The van der Waals surface area contributed by atoms with Gasteiger partial charge in [-0.3, -0.25) is 0 Å². The topological polar surface area (TPSA) is 98.0 Å². The number of hydrogen-bond donors (Lipinski definition) is 2. The van der Waals surface area contributed by atoms with E-state index in [0.717, 1.165) is 36.8 Å². The average Bonchev–Trinajstić information content (AvgIpc) is 2.95. The molecule has 8 nitrogen and oxygen atoms in total. The van der Waals surface area contributed by atoms with Crippen LogP contribution in [-0.4, -0.2) is 44.6 Å². The van der Waals surface area contributed by atoms with Crippen molar-refractivity contribution in [2.24, 2.45) is 0 Å². The number of aliphatic hydroxyl groups is 1. The number of ether oxygens (including phenoxy) is 2. The largest absolute Gasteiger partial charge is 0.513 e. The van der Waals surface area contributed by atoms with Gasteiger partial charge in [-0.15, -0.1) is 0 Å². The minimum absolute atomic E-state index is 0.201. The van der Waals surface area contributed by atoms with Crippen molar-refractivity contribution in [1.29, 1.82) is 0 Å². The Morgan fingerprint density at radius 3 is 2.80 bits per heavy atom. The van der Waals surface area contributed by atoms with E-state index >= 15 is 0 Å². The molecule has 1 saturated carbocycles. The molecular weight excluding hydrogens is 324 g/mol. The molecule has 8 heteroatoms. The van der Waals surface area contributed by atoms with Crippen LogP contribution in [0.25, 0.3) is 5.52 Å². The molecule has 25 heavy (non-hydrogen) atoms. The lowest BCUT2D eigenvalue weighted by Gasteiger charge is -2.26. The zero-order valence-electron chi connectivity index (χ0n) is 14.6. The molecule has 0 amide bonds. The number of rotatable bonds is 5. The van der Waals surface area contributed by atoms with E-state index in [1.807, 2.05) is 6.92 Å². The van der Waals surface area contributed by atoms with Gasteiger partial charge in [-0.1, -0.05) is 6.92 Å². The Morgan fingerprint density at radius 2 is 2.12 bits per heavy atom. The fourth-order valence-corrected chi connectivity index (χ4v) is 3.24. The van der Waals surface area contributed by atoms with Crippen molar-refractivity contribution in [2.45, 2.75) is 58.1 Å². The zero-order valence-corrected chi connectivity index (χ0v) is 14.6. The maximum Gasteiger partial charge on any atom is 0.513 e. The summed E-state index contributed by atoms with van der Waals surface area (Å²) in [5.74, 6) is 1.15. The highest BCUT2D eigenvalue weighted by molar-refractivity contribution is 5.77. The summed E-state index contributed by atoms with van der Waals surface area (Å²) < 4.78 is 11.8. The number of carbonyl (C=O) groups is 1. The third-order valence-electron chi connectivity index (χ3n) is 4.49. The fourth-order valence-electron chi connectivity index (χ4n) is 3.24. The lowest BCUT2D eigenvalue weighted by atomic mass is 9.93. The summed E-state index contributed by atoms with van der Waals surface area (Å²) in [4.78, 5) is 16.0. The van der Waals surface area contributed by atoms with E-state index < -0.39 is 6.16 Å². The van der Waals surface area contributed by atoms with Crippen LogP contribution < -0.4 is 10.1 Å². The van der Waals surface area contributed by atoms with Crippen LogP contribution in [0, 0.1) is 0 Å². The van der Waals surface area contributed by atoms with Gasteiger partial charge in [0.2, 0.25) is 0 Å². The highest BCUT2D eigenvalue weighted by atomic mass is 16.7. The Bertz CT molecular complexity index is 738. The lowest BCUT2D eigenvalue weighted by Crippen LogP contribution is -2.28. The molecule has 0 aliphatic heterocycles. The van der Waals surface area contributed by atoms with E-state index in [0.29, 0.717) is 18.0 Å². The maximum absolute atomic E-state index is 11.7. The molecule has 1 fully saturated rings. The van der Waals surface area contributed by atoms with E-state index in [1.54, 1.807) is 17.6 Å². The first-order valence-corrected chi connectivity index (χ1v) is 8.76. The van der Waals surface area contributed by atoms with Crippen LogP contribution >= 0.6 is 0 Å². The van der Waals surface area contributed by atoms with Gasteiger partial charge in [0.05, 0.1) is 18.9 Å². The first kappa shape index (κ1) is 17.5. The summed E-state index contributed by atoms with van der Waals surface area (Å²) in [7, 11) is 0. The number of aliphatic hydroxyl groups excluding tert-OH is 1. The smallest absolute Gasteiger partial charge is 0.434 e. The Labute approximate surface area is 146 Å². The molecule has 0 aromatic carbocycles.